The number of aromatic nitrogens is 1. The second-order valence-electron chi connectivity index (χ2n) is 3.55. The van der Waals surface area contributed by atoms with Gasteiger partial charge in [-0.1, -0.05) is 0 Å². The van der Waals surface area contributed by atoms with Gasteiger partial charge in [0, 0.05) is 23.3 Å². The maximum absolute atomic E-state index is 4.35. The predicted molar refractivity (Wildman–Crippen MR) is 70.8 cm³/mol. The molecule has 2 N–H and O–H groups in total. The lowest BCUT2D eigenvalue weighted by atomic mass is 10.1. The van der Waals surface area contributed by atoms with Crippen LogP contribution in [0.4, 0.5) is 11.5 Å². The van der Waals surface area contributed by atoms with Gasteiger partial charge in [-0.15, -0.1) is 0 Å². The van der Waals surface area contributed by atoms with E-state index in [2.05, 4.69) is 43.9 Å². The first-order valence-electron chi connectivity index (χ1n) is 4.94. The number of anilines is 2. The first-order valence-corrected chi connectivity index (χ1v) is 7.13. The summed E-state index contributed by atoms with van der Waals surface area (Å²) >= 11 is 5.30. The highest BCUT2D eigenvalue weighted by Crippen LogP contribution is 2.27. The van der Waals surface area contributed by atoms with Gasteiger partial charge in [0.2, 0.25) is 0 Å². The molecule has 0 radical (unpaired) electrons. The highest BCUT2D eigenvalue weighted by molar-refractivity contribution is 9.10. The summed E-state index contributed by atoms with van der Waals surface area (Å²) in [5.74, 6) is 2.15. The van der Waals surface area contributed by atoms with Gasteiger partial charge in [-0.25, -0.2) is 4.98 Å². The Morgan fingerprint density at radius 1 is 1.67 bits per heavy atom. The maximum atomic E-state index is 4.35. The normalized spacial score (nSPS) is 18.9. The second kappa shape index (κ2) is 5.07. The largest absolute Gasteiger partial charge is 0.380 e. The van der Waals surface area contributed by atoms with Crippen LogP contribution in [0.3, 0.4) is 0 Å². The molecule has 1 aliphatic rings. The molecular formula is C10H14BrN3S. The van der Waals surface area contributed by atoms with E-state index >= 15 is 0 Å². The SMILES string of the molecule is CSCCC1CNc2cc(Br)cnc2N1. The number of nitrogens with zero attached hydrogens (tertiary/aromatic N) is 1. The Labute approximate surface area is 103 Å². The number of halogens is 1. The predicted octanol–water partition coefficient (Wildman–Crippen LogP) is 2.80. The van der Waals surface area contributed by atoms with Crippen molar-refractivity contribution in [2.24, 2.45) is 0 Å². The average molecular weight is 288 g/mol. The Balaban J connectivity index is 2.03. The van der Waals surface area contributed by atoms with Crippen molar-refractivity contribution < 1.29 is 0 Å². The molecule has 15 heavy (non-hydrogen) atoms. The topological polar surface area (TPSA) is 37.0 Å². The standard InChI is InChI=1S/C10H14BrN3S/c1-15-3-2-8-6-12-9-4-7(11)5-13-10(9)14-8/h4-5,8,12H,2-3,6H2,1H3,(H,13,14). The molecule has 0 fully saturated rings. The van der Waals surface area contributed by atoms with E-state index in [0.29, 0.717) is 6.04 Å². The van der Waals surface area contributed by atoms with Gasteiger partial charge in [-0.05, 0) is 40.4 Å². The van der Waals surface area contributed by atoms with Crippen molar-refractivity contribution in [2.45, 2.75) is 12.5 Å². The molecule has 3 nitrogen and oxygen atoms in total. The number of hydrogen-bond acceptors (Lipinski definition) is 4. The van der Waals surface area contributed by atoms with Crippen LogP contribution in [0.2, 0.25) is 0 Å². The van der Waals surface area contributed by atoms with Gasteiger partial charge in [0.15, 0.2) is 0 Å². The van der Waals surface area contributed by atoms with Crippen molar-refractivity contribution >= 4 is 39.2 Å². The summed E-state index contributed by atoms with van der Waals surface area (Å²) in [5.41, 5.74) is 1.09. The van der Waals surface area contributed by atoms with Crippen molar-refractivity contribution in [3.05, 3.63) is 16.7 Å². The van der Waals surface area contributed by atoms with Crippen molar-refractivity contribution in [3.8, 4) is 0 Å². The van der Waals surface area contributed by atoms with Crippen LogP contribution < -0.4 is 10.6 Å². The molecule has 0 spiro atoms. The summed E-state index contributed by atoms with van der Waals surface area (Å²) in [7, 11) is 0. The molecule has 1 unspecified atom stereocenters. The zero-order valence-corrected chi connectivity index (χ0v) is 11.0. The van der Waals surface area contributed by atoms with Gasteiger partial charge in [0.25, 0.3) is 0 Å². The van der Waals surface area contributed by atoms with E-state index in [0.717, 1.165) is 22.5 Å². The Morgan fingerprint density at radius 3 is 3.33 bits per heavy atom. The van der Waals surface area contributed by atoms with Crippen LogP contribution in [0, 0.1) is 0 Å². The van der Waals surface area contributed by atoms with E-state index in [1.54, 1.807) is 0 Å². The van der Waals surface area contributed by atoms with Gasteiger partial charge in [-0.3, -0.25) is 0 Å². The first kappa shape index (κ1) is 11.1. The van der Waals surface area contributed by atoms with Gasteiger partial charge in [0.05, 0.1) is 5.69 Å². The molecule has 0 amide bonds. The second-order valence-corrected chi connectivity index (χ2v) is 5.45. The molecule has 0 bridgehead atoms. The summed E-state index contributed by atoms with van der Waals surface area (Å²) < 4.78 is 1.01. The number of hydrogen-bond donors (Lipinski definition) is 2. The molecular weight excluding hydrogens is 274 g/mol. The highest BCUT2D eigenvalue weighted by Gasteiger charge is 2.17. The lowest BCUT2D eigenvalue weighted by molar-refractivity contribution is 0.714. The van der Waals surface area contributed by atoms with E-state index in [1.807, 2.05) is 18.0 Å². The number of thioether (sulfide) groups is 1. The quantitative estimate of drug-likeness (QED) is 0.897. The third-order valence-electron chi connectivity index (χ3n) is 2.40. The van der Waals surface area contributed by atoms with Gasteiger partial charge in [-0.2, -0.15) is 11.8 Å². The monoisotopic (exact) mass is 287 g/mol. The highest BCUT2D eigenvalue weighted by atomic mass is 79.9. The Hall–Kier alpha value is -0.420. The van der Waals surface area contributed by atoms with E-state index in [9.17, 15) is 0 Å². The van der Waals surface area contributed by atoms with Crippen LogP contribution in [0.25, 0.3) is 0 Å². The fourth-order valence-corrected chi connectivity index (χ4v) is 2.45. The Bertz CT molecular complexity index is 345. The lowest BCUT2D eigenvalue weighted by Gasteiger charge is -2.27. The summed E-state index contributed by atoms with van der Waals surface area (Å²) in [5, 5.41) is 6.85. The van der Waals surface area contributed by atoms with E-state index in [4.69, 9.17) is 0 Å². The number of fused-ring (bicyclic) bond motifs is 1. The van der Waals surface area contributed by atoms with Gasteiger partial charge < -0.3 is 10.6 Å². The van der Waals surface area contributed by atoms with E-state index in [1.165, 1.54) is 12.2 Å². The van der Waals surface area contributed by atoms with Crippen molar-refractivity contribution in [2.75, 3.05) is 29.2 Å². The molecule has 0 saturated carbocycles. The fraction of sp³-hybridized carbons (Fsp3) is 0.500. The maximum Gasteiger partial charge on any atom is 0.149 e. The molecule has 82 valence electrons. The van der Waals surface area contributed by atoms with Gasteiger partial charge >= 0.3 is 0 Å². The molecule has 1 aliphatic heterocycles. The molecule has 5 heteroatoms. The van der Waals surface area contributed by atoms with Crippen LogP contribution in [-0.4, -0.2) is 29.6 Å². The van der Waals surface area contributed by atoms with E-state index in [-0.39, 0.29) is 0 Å². The van der Waals surface area contributed by atoms with Gasteiger partial charge in [0.1, 0.15) is 5.82 Å². The molecule has 1 aromatic rings. The molecule has 2 rings (SSSR count). The molecule has 1 atom stereocenters. The van der Waals surface area contributed by atoms with Crippen LogP contribution in [0.15, 0.2) is 16.7 Å². The average Bonchev–Trinajstić information content (AvgIpc) is 2.26. The number of pyridine rings is 1. The van der Waals surface area contributed by atoms with Crippen LogP contribution in [-0.2, 0) is 0 Å². The molecule has 0 aliphatic carbocycles. The third-order valence-corrected chi connectivity index (χ3v) is 3.48. The lowest BCUT2D eigenvalue weighted by Crippen LogP contribution is -2.33. The first-order chi connectivity index (χ1) is 7.29. The van der Waals surface area contributed by atoms with Crippen molar-refractivity contribution in [1.29, 1.82) is 0 Å². The minimum absolute atomic E-state index is 0.499. The Kier molecular flexibility index (Phi) is 3.75. The zero-order valence-electron chi connectivity index (χ0n) is 8.59. The van der Waals surface area contributed by atoms with E-state index < -0.39 is 0 Å². The fourth-order valence-electron chi connectivity index (χ4n) is 1.60. The smallest absolute Gasteiger partial charge is 0.149 e. The van der Waals surface area contributed by atoms with Crippen molar-refractivity contribution in [1.82, 2.24) is 4.98 Å². The van der Waals surface area contributed by atoms with Crippen LogP contribution >= 0.6 is 27.7 Å². The molecule has 1 aromatic heterocycles. The van der Waals surface area contributed by atoms with Crippen LogP contribution in [0.5, 0.6) is 0 Å². The molecule has 0 aromatic carbocycles. The zero-order chi connectivity index (χ0) is 10.7. The minimum Gasteiger partial charge on any atom is -0.380 e. The Morgan fingerprint density at radius 2 is 2.53 bits per heavy atom. The number of rotatable bonds is 3. The summed E-state index contributed by atoms with van der Waals surface area (Å²) in [4.78, 5) is 4.35. The summed E-state index contributed by atoms with van der Waals surface area (Å²) in [6, 6.07) is 2.55. The molecule has 0 saturated heterocycles. The van der Waals surface area contributed by atoms with Crippen LogP contribution in [0.1, 0.15) is 6.42 Å². The van der Waals surface area contributed by atoms with Crippen molar-refractivity contribution in [3.63, 3.8) is 0 Å². The number of nitrogens with one attached hydrogen (secondary N) is 2. The summed E-state index contributed by atoms with van der Waals surface area (Å²) in [6.45, 7) is 0.978. The third kappa shape index (κ3) is 2.78. The molecule has 2 heterocycles. The minimum atomic E-state index is 0.499. The summed E-state index contributed by atoms with van der Waals surface area (Å²) in [6.07, 6.45) is 5.13.